The third-order valence-electron chi connectivity index (χ3n) is 3.66. The van der Waals surface area contributed by atoms with Crippen LogP contribution in [0.15, 0.2) is 41.1 Å². The first-order valence-corrected chi connectivity index (χ1v) is 8.83. The lowest BCUT2D eigenvalue weighted by Gasteiger charge is -2.04. The first-order chi connectivity index (χ1) is 12.9. The van der Waals surface area contributed by atoms with Crippen LogP contribution in [-0.4, -0.2) is 23.2 Å². The van der Waals surface area contributed by atoms with E-state index in [1.165, 1.54) is 6.07 Å². The van der Waals surface area contributed by atoms with Crippen molar-refractivity contribution in [1.82, 2.24) is 9.97 Å². The van der Waals surface area contributed by atoms with E-state index < -0.39 is 11.7 Å². The third kappa shape index (κ3) is 5.79. The summed E-state index contributed by atoms with van der Waals surface area (Å²) in [7, 11) is 0. The number of benzene rings is 1. The Morgan fingerprint density at radius 2 is 1.78 bits per heavy atom. The van der Waals surface area contributed by atoms with Gasteiger partial charge in [-0.1, -0.05) is 13.8 Å². The summed E-state index contributed by atoms with van der Waals surface area (Å²) in [5.74, 6) is 0.291. The SMILES string of the molecule is CCCOCCC.Cc1cnccc1-c1nc2cc(C(F)(F)F)ccc2o1. The Bertz CT molecular complexity index is 856. The van der Waals surface area contributed by atoms with Gasteiger partial charge in [0.15, 0.2) is 5.58 Å². The molecule has 1 aromatic carbocycles. The smallest absolute Gasteiger partial charge is 0.416 e. The van der Waals surface area contributed by atoms with Crippen LogP contribution < -0.4 is 0 Å². The molecule has 0 amide bonds. The Balaban J connectivity index is 0.000000321. The van der Waals surface area contributed by atoms with E-state index >= 15 is 0 Å². The van der Waals surface area contributed by atoms with Crippen LogP contribution in [-0.2, 0) is 10.9 Å². The number of alkyl halides is 3. The zero-order valence-electron chi connectivity index (χ0n) is 15.6. The zero-order valence-corrected chi connectivity index (χ0v) is 15.6. The average Bonchev–Trinajstić information content (AvgIpc) is 3.05. The highest BCUT2D eigenvalue weighted by Gasteiger charge is 2.31. The molecule has 4 nitrogen and oxygen atoms in total. The lowest BCUT2D eigenvalue weighted by atomic mass is 10.1. The van der Waals surface area contributed by atoms with Crippen molar-refractivity contribution in [2.45, 2.75) is 39.8 Å². The molecule has 0 spiro atoms. The van der Waals surface area contributed by atoms with Crippen LogP contribution in [0, 0.1) is 6.92 Å². The molecule has 7 heteroatoms. The second-order valence-electron chi connectivity index (χ2n) is 6.00. The van der Waals surface area contributed by atoms with Gasteiger partial charge in [0.25, 0.3) is 0 Å². The Kier molecular flexibility index (Phi) is 7.36. The maximum absolute atomic E-state index is 12.6. The van der Waals surface area contributed by atoms with Crippen molar-refractivity contribution in [2.24, 2.45) is 0 Å². The average molecular weight is 380 g/mol. The van der Waals surface area contributed by atoms with Gasteiger partial charge in [0.1, 0.15) is 5.52 Å². The standard InChI is InChI=1S/C14H9F3N2O.C6H14O/c1-8-7-18-5-4-10(8)13-19-11-6-9(14(15,16)17)2-3-12(11)20-13;1-3-5-7-6-4-2/h2-7H,1H3;3-6H2,1-2H3. The predicted molar refractivity (Wildman–Crippen MR) is 98.4 cm³/mol. The van der Waals surface area contributed by atoms with Crippen molar-refractivity contribution >= 4 is 11.1 Å². The summed E-state index contributed by atoms with van der Waals surface area (Å²) in [6, 6.07) is 4.96. The predicted octanol–water partition coefficient (Wildman–Crippen LogP) is 6.04. The number of oxazole rings is 1. The number of rotatable bonds is 5. The first kappa shape index (κ1) is 20.9. The number of nitrogens with zero attached hydrogens (tertiary/aromatic N) is 2. The number of halogens is 3. The van der Waals surface area contributed by atoms with Crippen LogP contribution >= 0.6 is 0 Å². The quantitative estimate of drug-likeness (QED) is 0.506. The maximum Gasteiger partial charge on any atom is 0.416 e. The fraction of sp³-hybridized carbons (Fsp3) is 0.400. The molecule has 0 N–H and O–H groups in total. The molecule has 2 aromatic heterocycles. The minimum atomic E-state index is -4.39. The van der Waals surface area contributed by atoms with Gasteiger partial charge in [0, 0.05) is 31.2 Å². The Labute approximate surface area is 156 Å². The number of hydrogen-bond acceptors (Lipinski definition) is 4. The van der Waals surface area contributed by atoms with Gasteiger partial charge in [-0.3, -0.25) is 4.98 Å². The van der Waals surface area contributed by atoms with Gasteiger partial charge in [-0.2, -0.15) is 13.2 Å². The molecular weight excluding hydrogens is 357 g/mol. The van der Waals surface area contributed by atoms with E-state index in [1.54, 1.807) is 18.5 Å². The maximum atomic E-state index is 12.6. The van der Waals surface area contributed by atoms with Crippen LogP contribution in [0.1, 0.15) is 37.8 Å². The fourth-order valence-corrected chi connectivity index (χ4v) is 2.32. The third-order valence-corrected chi connectivity index (χ3v) is 3.66. The summed E-state index contributed by atoms with van der Waals surface area (Å²) in [6.45, 7) is 7.92. The van der Waals surface area contributed by atoms with Gasteiger partial charge < -0.3 is 9.15 Å². The van der Waals surface area contributed by atoms with Crippen molar-refractivity contribution in [3.05, 3.63) is 47.8 Å². The normalized spacial score (nSPS) is 11.3. The van der Waals surface area contributed by atoms with E-state index in [0.717, 1.165) is 43.8 Å². The minimum absolute atomic E-state index is 0.186. The topological polar surface area (TPSA) is 48.2 Å². The number of pyridine rings is 1. The fourth-order valence-electron chi connectivity index (χ4n) is 2.32. The molecule has 146 valence electrons. The summed E-state index contributed by atoms with van der Waals surface area (Å²) in [5, 5.41) is 0. The van der Waals surface area contributed by atoms with Crippen molar-refractivity contribution < 1.29 is 22.3 Å². The van der Waals surface area contributed by atoms with E-state index in [-0.39, 0.29) is 5.52 Å². The van der Waals surface area contributed by atoms with Gasteiger partial charge in [-0.25, -0.2) is 4.98 Å². The highest BCUT2D eigenvalue weighted by Crippen LogP contribution is 2.33. The second-order valence-corrected chi connectivity index (χ2v) is 6.00. The summed E-state index contributed by atoms with van der Waals surface area (Å²) >= 11 is 0. The largest absolute Gasteiger partial charge is 0.436 e. The van der Waals surface area contributed by atoms with Crippen LogP contribution in [0.25, 0.3) is 22.6 Å². The monoisotopic (exact) mass is 380 g/mol. The molecule has 0 bridgehead atoms. The van der Waals surface area contributed by atoms with Gasteiger partial charge in [-0.05, 0) is 49.6 Å². The van der Waals surface area contributed by atoms with Crippen molar-refractivity contribution in [1.29, 1.82) is 0 Å². The molecule has 0 saturated carbocycles. The summed E-state index contributed by atoms with van der Waals surface area (Å²) in [6.07, 6.45) is 1.11. The molecule has 0 aliphatic carbocycles. The molecule has 0 atom stereocenters. The molecular formula is C20H23F3N2O2. The first-order valence-electron chi connectivity index (χ1n) is 8.83. The number of hydrogen-bond donors (Lipinski definition) is 0. The van der Waals surface area contributed by atoms with Crippen LogP contribution in [0.2, 0.25) is 0 Å². The van der Waals surface area contributed by atoms with Crippen molar-refractivity contribution in [2.75, 3.05) is 13.2 Å². The number of ether oxygens (including phenoxy) is 1. The lowest BCUT2D eigenvalue weighted by molar-refractivity contribution is -0.137. The van der Waals surface area contributed by atoms with Gasteiger partial charge in [-0.15, -0.1) is 0 Å². The Morgan fingerprint density at radius 3 is 2.37 bits per heavy atom. The Hall–Kier alpha value is -2.41. The highest BCUT2D eigenvalue weighted by atomic mass is 19.4. The molecule has 2 heterocycles. The molecule has 27 heavy (non-hydrogen) atoms. The van der Waals surface area contributed by atoms with Gasteiger partial charge in [0.2, 0.25) is 5.89 Å². The van der Waals surface area contributed by atoms with E-state index in [9.17, 15) is 13.2 Å². The van der Waals surface area contributed by atoms with Crippen LogP contribution in [0.3, 0.4) is 0 Å². The lowest BCUT2D eigenvalue weighted by Crippen LogP contribution is -2.03. The molecule has 0 radical (unpaired) electrons. The zero-order chi connectivity index (χ0) is 19.9. The number of aryl methyl sites for hydroxylation is 1. The van der Waals surface area contributed by atoms with Crippen LogP contribution in [0.4, 0.5) is 13.2 Å². The number of aromatic nitrogens is 2. The molecule has 0 aliphatic heterocycles. The van der Waals surface area contributed by atoms with Crippen molar-refractivity contribution in [3.8, 4) is 11.5 Å². The van der Waals surface area contributed by atoms with Gasteiger partial charge >= 0.3 is 6.18 Å². The molecule has 0 fully saturated rings. The minimum Gasteiger partial charge on any atom is -0.436 e. The molecule has 0 aliphatic rings. The summed E-state index contributed by atoms with van der Waals surface area (Å²) in [5.41, 5.74) is 1.33. The Morgan fingerprint density at radius 1 is 1.07 bits per heavy atom. The number of fused-ring (bicyclic) bond motifs is 1. The van der Waals surface area contributed by atoms with Gasteiger partial charge in [0.05, 0.1) is 5.56 Å². The van der Waals surface area contributed by atoms with E-state index in [2.05, 4.69) is 23.8 Å². The molecule has 0 saturated heterocycles. The van der Waals surface area contributed by atoms with E-state index in [0.29, 0.717) is 17.0 Å². The molecule has 3 rings (SSSR count). The van der Waals surface area contributed by atoms with E-state index in [1.807, 2.05) is 6.92 Å². The molecule has 3 aromatic rings. The van der Waals surface area contributed by atoms with Crippen molar-refractivity contribution in [3.63, 3.8) is 0 Å². The molecule has 0 unspecified atom stereocenters. The second kappa shape index (κ2) is 9.50. The van der Waals surface area contributed by atoms with E-state index in [4.69, 9.17) is 9.15 Å². The summed E-state index contributed by atoms with van der Waals surface area (Å²) in [4.78, 5) is 8.08. The van der Waals surface area contributed by atoms with Crippen LogP contribution in [0.5, 0.6) is 0 Å². The summed E-state index contributed by atoms with van der Waals surface area (Å²) < 4.78 is 48.6. The highest BCUT2D eigenvalue weighted by molar-refractivity contribution is 5.77.